The molecule has 2 unspecified atom stereocenters. The van der Waals surface area contributed by atoms with Crippen LogP contribution in [0.25, 0.3) is 0 Å². The molecular weight excluding hydrogens is 388 g/mol. The number of hydrogen-bond acceptors (Lipinski definition) is 4. The lowest BCUT2D eigenvalue weighted by molar-refractivity contribution is -0.178. The third kappa shape index (κ3) is 2.75. The van der Waals surface area contributed by atoms with Crippen molar-refractivity contribution >= 4 is 17.5 Å². The molecule has 0 bridgehead atoms. The average molecular weight is 425 g/mol. The Labute approximate surface area is 185 Å². The van der Waals surface area contributed by atoms with Crippen LogP contribution in [0.2, 0.25) is 0 Å². The number of carbonyl (C=O) groups excluding carboxylic acids is 3. The number of rotatable bonds is 1. The van der Waals surface area contributed by atoms with E-state index in [-0.39, 0.29) is 40.2 Å². The first kappa shape index (κ1) is 21.2. The first-order valence-corrected chi connectivity index (χ1v) is 12.2. The molecular formula is C27H36O4. The molecule has 0 aromatic carbocycles. The Balaban J connectivity index is 1.52. The Bertz CT molecular complexity index is 912. The molecule has 31 heavy (non-hydrogen) atoms. The lowest BCUT2D eigenvalue weighted by atomic mass is 9.39. The van der Waals surface area contributed by atoms with E-state index in [1.807, 2.05) is 0 Å². The number of hydrogen-bond donors (Lipinski definition) is 0. The van der Waals surface area contributed by atoms with Crippen LogP contribution in [0.1, 0.15) is 78.6 Å². The molecule has 5 aliphatic rings. The van der Waals surface area contributed by atoms with Crippen molar-refractivity contribution in [2.45, 2.75) is 78.6 Å². The van der Waals surface area contributed by atoms with E-state index in [0.717, 1.165) is 51.4 Å². The number of esters is 1. The molecule has 0 spiro atoms. The quantitative estimate of drug-likeness (QED) is 0.428. The van der Waals surface area contributed by atoms with Crippen LogP contribution in [0.15, 0.2) is 23.3 Å². The molecule has 0 radical (unpaired) electrons. The predicted octanol–water partition coefficient (Wildman–Crippen LogP) is 5.21. The van der Waals surface area contributed by atoms with E-state index in [1.165, 1.54) is 36.8 Å². The molecule has 2 saturated carbocycles. The van der Waals surface area contributed by atoms with Crippen molar-refractivity contribution in [1.29, 1.82) is 0 Å². The van der Waals surface area contributed by atoms with Crippen LogP contribution in [0, 0.1) is 39.9 Å². The maximum Gasteiger partial charge on any atom is 0.311 e. The first-order chi connectivity index (χ1) is 14.6. The van der Waals surface area contributed by atoms with Crippen LogP contribution < -0.4 is 0 Å². The number of ketones is 2. The SMILES string of the molecule is COC(=O)[C@@]1(C)CCC[C@]2(C)[C@H]3CCC4=C(CC5C(=O)C=CC(=O)C5C4)[C@]3(C)CC[C@H]21. The molecule has 5 rings (SSSR count). The zero-order valence-corrected chi connectivity index (χ0v) is 19.5. The lowest BCUT2D eigenvalue weighted by Crippen LogP contribution is -2.59. The highest BCUT2D eigenvalue weighted by molar-refractivity contribution is 6.07. The lowest BCUT2D eigenvalue weighted by Gasteiger charge is -2.65. The molecule has 0 aromatic rings. The van der Waals surface area contributed by atoms with Gasteiger partial charge in [0, 0.05) is 11.8 Å². The van der Waals surface area contributed by atoms with E-state index in [9.17, 15) is 14.4 Å². The van der Waals surface area contributed by atoms with Crippen molar-refractivity contribution in [3.8, 4) is 0 Å². The van der Waals surface area contributed by atoms with Gasteiger partial charge in [0.1, 0.15) is 0 Å². The minimum absolute atomic E-state index is 0.0404. The van der Waals surface area contributed by atoms with E-state index >= 15 is 0 Å². The van der Waals surface area contributed by atoms with E-state index in [0.29, 0.717) is 11.8 Å². The summed E-state index contributed by atoms with van der Waals surface area (Å²) in [6.07, 6.45) is 12.0. The molecule has 0 saturated heterocycles. The number of allylic oxidation sites excluding steroid dienone is 4. The van der Waals surface area contributed by atoms with E-state index in [1.54, 1.807) is 0 Å². The van der Waals surface area contributed by atoms with Gasteiger partial charge in [0.2, 0.25) is 0 Å². The van der Waals surface area contributed by atoms with Gasteiger partial charge >= 0.3 is 5.97 Å². The van der Waals surface area contributed by atoms with Gasteiger partial charge in [-0.3, -0.25) is 14.4 Å². The van der Waals surface area contributed by atoms with Gasteiger partial charge in [0.05, 0.1) is 12.5 Å². The Morgan fingerprint density at radius 2 is 1.61 bits per heavy atom. The van der Waals surface area contributed by atoms with Gasteiger partial charge in [-0.05, 0) is 93.1 Å². The van der Waals surface area contributed by atoms with Crippen molar-refractivity contribution in [3.63, 3.8) is 0 Å². The predicted molar refractivity (Wildman–Crippen MR) is 118 cm³/mol. The molecule has 168 valence electrons. The van der Waals surface area contributed by atoms with Crippen molar-refractivity contribution < 1.29 is 19.1 Å². The largest absolute Gasteiger partial charge is 0.469 e. The summed E-state index contributed by atoms with van der Waals surface area (Å²) >= 11 is 0. The summed E-state index contributed by atoms with van der Waals surface area (Å²) in [5.74, 6) is 0.797. The molecule has 4 heteroatoms. The molecule has 2 fully saturated rings. The maximum atomic E-state index is 12.9. The van der Waals surface area contributed by atoms with Crippen LogP contribution in [0.4, 0.5) is 0 Å². The monoisotopic (exact) mass is 424 g/mol. The maximum absolute atomic E-state index is 12.9. The Morgan fingerprint density at radius 1 is 0.935 bits per heavy atom. The van der Waals surface area contributed by atoms with Crippen molar-refractivity contribution in [2.75, 3.05) is 7.11 Å². The summed E-state index contributed by atoms with van der Waals surface area (Å²) in [5.41, 5.74) is 2.74. The van der Waals surface area contributed by atoms with Gasteiger partial charge in [-0.1, -0.05) is 31.4 Å². The van der Waals surface area contributed by atoms with Gasteiger partial charge in [0.25, 0.3) is 0 Å². The summed E-state index contributed by atoms with van der Waals surface area (Å²) in [4.78, 5) is 38.1. The molecule has 0 heterocycles. The fraction of sp³-hybridized carbons (Fsp3) is 0.741. The number of fused-ring (bicyclic) bond motifs is 5. The average Bonchev–Trinajstić information content (AvgIpc) is 2.74. The molecule has 7 atom stereocenters. The van der Waals surface area contributed by atoms with E-state index < -0.39 is 5.41 Å². The Hall–Kier alpha value is -1.71. The summed E-state index contributed by atoms with van der Waals surface area (Å²) in [7, 11) is 1.53. The topological polar surface area (TPSA) is 60.4 Å². The minimum atomic E-state index is -0.397. The zero-order chi connectivity index (χ0) is 22.2. The second-order valence-electron chi connectivity index (χ2n) is 11.7. The second-order valence-corrected chi connectivity index (χ2v) is 11.7. The van der Waals surface area contributed by atoms with Crippen LogP contribution >= 0.6 is 0 Å². The Morgan fingerprint density at radius 3 is 2.29 bits per heavy atom. The molecule has 0 N–H and O–H groups in total. The van der Waals surface area contributed by atoms with Gasteiger partial charge in [0.15, 0.2) is 11.6 Å². The second kappa shape index (κ2) is 6.89. The standard InChI is InChI=1S/C27H36O4/c1-25-13-10-23-26(2,11-5-12-27(23,3)24(30)31-4)22(25)9-6-16-14-17-18(15-19(16)25)21(29)8-7-20(17)28/h7-8,17-18,22-23H,5-6,9-15H2,1-4H3/t17?,18?,22-,23+,25-,26+,27-/m0/s1. The van der Waals surface area contributed by atoms with Crippen LogP contribution in [0.3, 0.4) is 0 Å². The van der Waals surface area contributed by atoms with Crippen LogP contribution in [-0.2, 0) is 19.1 Å². The highest BCUT2D eigenvalue weighted by atomic mass is 16.5. The summed E-state index contributed by atoms with van der Waals surface area (Å²) in [5, 5.41) is 0. The summed E-state index contributed by atoms with van der Waals surface area (Å²) in [6, 6.07) is 0. The third-order valence-corrected chi connectivity index (χ3v) is 10.5. The van der Waals surface area contributed by atoms with Crippen LogP contribution in [0.5, 0.6) is 0 Å². The summed E-state index contributed by atoms with van der Waals surface area (Å²) in [6.45, 7) is 7.01. The minimum Gasteiger partial charge on any atom is -0.469 e. The first-order valence-electron chi connectivity index (χ1n) is 12.2. The zero-order valence-electron chi connectivity index (χ0n) is 19.5. The number of methoxy groups -OCH3 is 1. The highest BCUT2D eigenvalue weighted by Crippen LogP contribution is 2.70. The highest BCUT2D eigenvalue weighted by Gasteiger charge is 2.63. The Kier molecular flexibility index (Phi) is 4.70. The molecule has 0 amide bonds. The molecule has 4 nitrogen and oxygen atoms in total. The van der Waals surface area contributed by atoms with Crippen molar-refractivity contribution in [2.24, 2.45) is 39.9 Å². The van der Waals surface area contributed by atoms with Gasteiger partial charge in [-0.15, -0.1) is 0 Å². The van der Waals surface area contributed by atoms with Crippen molar-refractivity contribution in [1.82, 2.24) is 0 Å². The fourth-order valence-electron chi connectivity index (χ4n) is 9.07. The number of carbonyl (C=O) groups is 3. The van der Waals surface area contributed by atoms with Crippen molar-refractivity contribution in [3.05, 3.63) is 23.3 Å². The normalized spacial score (nSPS) is 46.6. The van der Waals surface area contributed by atoms with E-state index in [2.05, 4.69) is 20.8 Å². The van der Waals surface area contributed by atoms with Gasteiger partial charge in [-0.25, -0.2) is 0 Å². The van der Waals surface area contributed by atoms with E-state index in [4.69, 9.17) is 4.74 Å². The smallest absolute Gasteiger partial charge is 0.311 e. The molecule has 0 aromatic heterocycles. The van der Waals surface area contributed by atoms with Gasteiger partial charge < -0.3 is 4.74 Å². The third-order valence-electron chi connectivity index (χ3n) is 10.5. The molecule has 5 aliphatic carbocycles. The van der Waals surface area contributed by atoms with Gasteiger partial charge in [-0.2, -0.15) is 0 Å². The van der Waals surface area contributed by atoms with Crippen LogP contribution in [-0.4, -0.2) is 24.6 Å². The summed E-state index contributed by atoms with van der Waals surface area (Å²) < 4.78 is 5.29. The molecule has 0 aliphatic heterocycles. The fourth-order valence-corrected chi connectivity index (χ4v) is 9.07. The number of ether oxygens (including phenoxy) is 1.